The van der Waals surface area contributed by atoms with Gasteiger partial charge in [-0.1, -0.05) is 30.3 Å². The maximum Gasteiger partial charge on any atom is 0.461 e. The molecule has 0 N–H and O–H groups in total. The fourth-order valence-electron chi connectivity index (χ4n) is 1.09. The van der Waals surface area contributed by atoms with E-state index in [1.54, 1.807) is 6.07 Å². The third-order valence-corrected chi connectivity index (χ3v) is 4.68. The molecule has 0 radical (unpaired) electrons. The zero-order valence-corrected chi connectivity index (χ0v) is 11.9. The second-order valence-corrected chi connectivity index (χ2v) is 6.35. The fraction of sp³-hybridized carbons (Fsp3) is 0.400. The second-order valence-electron chi connectivity index (χ2n) is 3.86. The van der Waals surface area contributed by atoms with Gasteiger partial charge in [0.1, 0.15) is 0 Å². The molecule has 126 valence electrons. The molecule has 1 aromatic rings. The maximum atomic E-state index is 13.0. The molecule has 0 amide bonds. The molecule has 3 nitrogen and oxygen atoms in total. The lowest BCUT2D eigenvalue weighted by Crippen LogP contribution is -2.56. The summed E-state index contributed by atoms with van der Waals surface area (Å²) in [7, 11) is -6.51. The van der Waals surface area contributed by atoms with Crippen LogP contribution in [0.2, 0.25) is 0 Å². The van der Waals surface area contributed by atoms with Crippen LogP contribution >= 0.6 is 12.0 Å². The topological polar surface area (TPSA) is 43.4 Å². The number of halogens is 7. The van der Waals surface area contributed by atoms with E-state index in [4.69, 9.17) is 0 Å². The molecular formula is C10H7F7O3S2. The third-order valence-electron chi connectivity index (χ3n) is 2.24. The number of hydrogen-bond acceptors (Lipinski definition) is 4. The van der Waals surface area contributed by atoms with Gasteiger partial charge in [-0.3, -0.25) is 0 Å². The van der Waals surface area contributed by atoms with Crippen molar-refractivity contribution in [3.05, 3.63) is 35.9 Å². The Morgan fingerprint density at radius 1 is 0.955 bits per heavy atom. The zero-order valence-electron chi connectivity index (χ0n) is 10.3. The van der Waals surface area contributed by atoms with E-state index in [0.717, 1.165) is 0 Å². The predicted molar refractivity (Wildman–Crippen MR) is 63.7 cm³/mol. The van der Waals surface area contributed by atoms with Crippen LogP contribution in [-0.2, 0) is 19.5 Å². The molecule has 1 aromatic carbocycles. The van der Waals surface area contributed by atoms with Gasteiger partial charge in [-0.2, -0.15) is 42.8 Å². The van der Waals surface area contributed by atoms with Gasteiger partial charge in [0.2, 0.25) is 0 Å². The monoisotopic (exact) mass is 372 g/mol. The molecule has 0 spiro atoms. The summed E-state index contributed by atoms with van der Waals surface area (Å²) < 4.78 is 112. The largest absolute Gasteiger partial charge is 0.461 e. The van der Waals surface area contributed by atoms with Crippen molar-refractivity contribution in [1.29, 1.82) is 0 Å². The van der Waals surface area contributed by atoms with Crippen molar-refractivity contribution >= 4 is 22.2 Å². The van der Waals surface area contributed by atoms with Gasteiger partial charge in [0, 0.05) is 17.8 Å². The quantitative estimate of drug-likeness (QED) is 0.560. The van der Waals surface area contributed by atoms with E-state index < -0.39 is 27.5 Å². The second kappa shape index (κ2) is 6.24. The zero-order chi connectivity index (χ0) is 17.2. The third kappa shape index (κ3) is 3.66. The highest BCUT2D eigenvalue weighted by atomic mass is 32.3. The van der Waals surface area contributed by atoms with E-state index >= 15 is 0 Å². The van der Waals surface area contributed by atoms with E-state index in [0.29, 0.717) is 5.56 Å². The van der Waals surface area contributed by atoms with Crippen LogP contribution < -0.4 is 0 Å². The van der Waals surface area contributed by atoms with E-state index in [-0.39, 0.29) is 17.8 Å². The van der Waals surface area contributed by atoms with Crippen LogP contribution in [0.15, 0.2) is 30.3 Å². The van der Waals surface area contributed by atoms with E-state index in [1.165, 1.54) is 24.3 Å². The van der Waals surface area contributed by atoms with Crippen molar-refractivity contribution in [2.24, 2.45) is 0 Å². The van der Waals surface area contributed by atoms with Gasteiger partial charge in [-0.05, 0) is 5.56 Å². The molecule has 1 rings (SSSR count). The summed E-state index contributed by atoms with van der Waals surface area (Å²) in [6.45, 7) is 0. The first kappa shape index (κ1) is 19.0. The summed E-state index contributed by atoms with van der Waals surface area (Å²) in [5.74, 6) is -7.14. The van der Waals surface area contributed by atoms with Crippen molar-refractivity contribution in [2.45, 2.75) is 23.1 Å². The number of alkyl halides is 7. The van der Waals surface area contributed by atoms with E-state index in [1.807, 2.05) is 0 Å². The van der Waals surface area contributed by atoms with Crippen molar-refractivity contribution < 1.29 is 42.8 Å². The molecule has 0 saturated carbocycles. The predicted octanol–water partition coefficient (Wildman–Crippen LogP) is 3.97. The highest BCUT2D eigenvalue weighted by Crippen LogP contribution is 2.50. The van der Waals surface area contributed by atoms with Gasteiger partial charge in [0.15, 0.2) is 0 Å². The molecule has 12 heteroatoms. The van der Waals surface area contributed by atoms with Crippen LogP contribution in [-0.4, -0.2) is 25.8 Å². The minimum Gasteiger partial charge on any atom is -0.193 e. The van der Waals surface area contributed by atoms with Crippen LogP contribution in [0.1, 0.15) is 5.56 Å². The number of rotatable bonds is 6. The summed E-state index contributed by atoms with van der Waals surface area (Å²) in [6.07, 6.45) is -6.75. The lowest BCUT2D eigenvalue weighted by Gasteiger charge is -2.26. The van der Waals surface area contributed by atoms with Crippen molar-refractivity contribution in [1.82, 2.24) is 0 Å². The summed E-state index contributed by atoms with van der Waals surface area (Å²) in [6, 6.07) is 7.48. The van der Waals surface area contributed by atoms with Gasteiger partial charge >= 0.3 is 27.5 Å². The fourth-order valence-corrected chi connectivity index (χ4v) is 2.89. The average molecular weight is 372 g/mol. The first-order valence-corrected chi connectivity index (χ1v) is 7.57. The first-order chi connectivity index (χ1) is 9.83. The maximum absolute atomic E-state index is 13.0. The Morgan fingerprint density at radius 3 is 1.91 bits per heavy atom. The average Bonchev–Trinajstić information content (AvgIpc) is 2.38. The summed E-state index contributed by atoms with van der Waals surface area (Å²) >= 11 is -0.202. The highest BCUT2D eigenvalue weighted by Gasteiger charge is 2.79. The normalized spacial score (nSPS) is 14.1. The minimum atomic E-state index is -6.79. The van der Waals surface area contributed by atoms with Gasteiger partial charge in [0.05, 0.1) is 0 Å². The van der Waals surface area contributed by atoms with Gasteiger partial charge in [-0.25, -0.2) is 0 Å². The number of benzene rings is 1. The van der Waals surface area contributed by atoms with Crippen molar-refractivity contribution in [3.63, 3.8) is 0 Å². The van der Waals surface area contributed by atoms with E-state index in [9.17, 15) is 39.2 Å². The van der Waals surface area contributed by atoms with Crippen LogP contribution in [0.4, 0.5) is 30.7 Å². The Labute approximate surface area is 124 Å². The smallest absolute Gasteiger partial charge is 0.193 e. The standard InChI is InChI=1S/C10H7F7O3S2/c11-8(12,9(13,14)15)10(16,17)22(18,19)20-21-6-7-4-2-1-3-5-7/h1-5H,6H2. The molecule has 0 bridgehead atoms. The van der Waals surface area contributed by atoms with Crippen molar-refractivity contribution in [3.8, 4) is 0 Å². The van der Waals surface area contributed by atoms with Gasteiger partial charge in [-0.15, -0.1) is 0 Å². The molecule has 0 fully saturated rings. The molecule has 22 heavy (non-hydrogen) atoms. The van der Waals surface area contributed by atoms with Crippen molar-refractivity contribution in [2.75, 3.05) is 0 Å². The van der Waals surface area contributed by atoms with Crippen LogP contribution in [0.25, 0.3) is 0 Å². The number of hydrogen-bond donors (Lipinski definition) is 0. The Hall–Kier alpha value is -1.01. The van der Waals surface area contributed by atoms with Gasteiger partial charge < -0.3 is 0 Å². The lowest BCUT2D eigenvalue weighted by molar-refractivity contribution is -0.332. The van der Waals surface area contributed by atoms with E-state index in [2.05, 4.69) is 3.63 Å². The Kier molecular flexibility index (Phi) is 5.40. The lowest BCUT2D eigenvalue weighted by atomic mass is 10.2. The van der Waals surface area contributed by atoms with Crippen LogP contribution in [0.3, 0.4) is 0 Å². The molecule has 0 heterocycles. The summed E-state index contributed by atoms with van der Waals surface area (Å²) in [4.78, 5) is 0. The van der Waals surface area contributed by atoms with Gasteiger partial charge in [0.25, 0.3) is 0 Å². The van der Waals surface area contributed by atoms with Crippen LogP contribution in [0, 0.1) is 0 Å². The molecule has 0 aliphatic rings. The summed E-state index contributed by atoms with van der Waals surface area (Å²) in [5, 5.41) is -6.46. The summed E-state index contributed by atoms with van der Waals surface area (Å²) in [5.41, 5.74) is 0.383. The first-order valence-electron chi connectivity index (χ1n) is 5.25. The highest BCUT2D eigenvalue weighted by molar-refractivity contribution is 8.04. The Balaban J connectivity index is 2.85. The van der Waals surface area contributed by atoms with Crippen LogP contribution in [0.5, 0.6) is 0 Å². The molecule has 0 atom stereocenters. The SMILES string of the molecule is O=S(=O)(OSCc1ccccc1)C(F)(F)C(F)(F)C(F)(F)F. The molecule has 0 aliphatic carbocycles. The molecular weight excluding hydrogens is 365 g/mol. The minimum absolute atomic E-state index is 0.202. The Morgan fingerprint density at radius 2 is 1.45 bits per heavy atom. The molecule has 0 saturated heterocycles. The molecule has 0 aromatic heterocycles. The molecule has 0 aliphatic heterocycles. The Bertz CT molecular complexity index is 599. The molecule has 0 unspecified atom stereocenters.